The SMILES string of the molecule is N[C@@](CCCCB(O)O)(C(=O)O)C1CCC(C(=O)c2ccc(Cl)cc2)CC1. The zero-order chi connectivity index (χ0) is 20.0. The molecule has 6 nitrogen and oxygen atoms in total. The Morgan fingerprint density at radius 1 is 1.11 bits per heavy atom. The largest absolute Gasteiger partial charge is 0.480 e. The van der Waals surface area contributed by atoms with Crippen molar-refractivity contribution in [1.82, 2.24) is 0 Å². The number of nitrogens with two attached hydrogens (primary N) is 1. The van der Waals surface area contributed by atoms with Gasteiger partial charge < -0.3 is 20.9 Å². The smallest absolute Gasteiger partial charge is 0.451 e. The van der Waals surface area contributed by atoms with E-state index in [0.29, 0.717) is 49.1 Å². The number of hydrogen-bond acceptors (Lipinski definition) is 5. The maximum Gasteiger partial charge on any atom is 0.451 e. The van der Waals surface area contributed by atoms with Crippen LogP contribution in [0.25, 0.3) is 0 Å². The van der Waals surface area contributed by atoms with E-state index in [1.54, 1.807) is 24.3 Å². The lowest BCUT2D eigenvalue weighted by Crippen LogP contribution is -2.55. The van der Waals surface area contributed by atoms with E-state index >= 15 is 0 Å². The number of unbranched alkanes of at least 4 members (excludes halogenated alkanes) is 1. The predicted molar refractivity (Wildman–Crippen MR) is 105 cm³/mol. The summed E-state index contributed by atoms with van der Waals surface area (Å²) < 4.78 is 0. The number of carboxylic acid groups (broad SMARTS) is 1. The van der Waals surface area contributed by atoms with Crippen LogP contribution in [0.3, 0.4) is 0 Å². The lowest BCUT2D eigenvalue weighted by molar-refractivity contribution is -0.146. The molecule has 8 heteroatoms. The molecule has 1 fully saturated rings. The number of carbonyl (C=O) groups is 2. The molecule has 1 atom stereocenters. The van der Waals surface area contributed by atoms with Crippen LogP contribution < -0.4 is 5.73 Å². The topological polar surface area (TPSA) is 121 Å². The van der Waals surface area contributed by atoms with Crippen LogP contribution in [0, 0.1) is 11.8 Å². The zero-order valence-electron chi connectivity index (χ0n) is 15.3. The van der Waals surface area contributed by atoms with Crippen LogP contribution >= 0.6 is 11.6 Å². The Balaban J connectivity index is 1.93. The van der Waals surface area contributed by atoms with E-state index in [0.717, 1.165) is 0 Å². The number of ketones is 1. The Hall–Kier alpha value is -1.41. The summed E-state index contributed by atoms with van der Waals surface area (Å²) in [5.41, 5.74) is 5.55. The normalized spacial score (nSPS) is 22.1. The van der Waals surface area contributed by atoms with Crippen molar-refractivity contribution in [2.75, 3.05) is 0 Å². The third-order valence-corrected chi connectivity index (χ3v) is 5.91. The van der Waals surface area contributed by atoms with E-state index in [9.17, 15) is 14.7 Å². The highest BCUT2D eigenvalue weighted by Crippen LogP contribution is 2.38. The molecule has 1 aliphatic carbocycles. The first kappa shape index (κ1) is 21.9. The van der Waals surface area contributed by atoms with Gasteiger partial charge in [-0.25, -0.2) is 0 Å². The molecule has 0 bridgehead atoms. The molecule has 0 saturated heterocycles. The van der Waals surface area contributed by atoms with Gasteiger partial charge in [-0.15, -0.1) is 0 Å². The number of halogens is 1. The standard InChI is InChI=1S/C19H27BClNO5/c21-16-9-5-14(6-10-16)17(23)13-3-7-15(8-4-13)19(22,18(24)25)11-1-2-12-20(26)27/h5-6,9-10,13,15,26-27H,1-4,7-8,11-12,22H2,(H,24,25)/t13?,15?,19-/m1/s1. The molecular formula is C19H27BClNO5. The van der Waals surface area contributed by atoms with Gasteiger partial charge in [0.15, 0.2) is 5.78 Å². The summed E-state index contributed by atoms with van der Waals surface area (Å²) in [5.74, 6) is -1.27. The molecule has 2 rings (SSSR count). The van der Waals surface area contributed by atoms with Crippen LogP contribution in [0.5, 0.6) is 0 Å². The number of hydrogen-bond donors (Lipinski definition) is 4. The highest BCUT2D eigenvalue weighted by molar-refractivity contribution is 6.40. The summed E-state index contributed by atoms with van der Waals surface area (Å²) in [4.78, 5) is 24.5. The summed E-state index contributed by atoms with van der Waals surface area (Å²) >= 11 is 5.86. The number of benzene rings is 1. The van der Waals surface area contributed by atoms with E-state index in [4.69, 9.17) is 27.4 Å². The molecule has 1 aromatic rings. The molecule has 0 aliphatic heterocycles. The summed E-state index contributed by atoms with van der Waals surface area (Å²) in [7, 11) is -1.38. The Bertz CT molecular complexity index is 646. The summed E-state index contributed by atoms with van der Waals surface area (Å²) in [5, 5.41) is 28.0. The Morgan fingerprint density at radius 2 is 1.70 bits per heavy atom. The molecule has 5 N–H and O–H groups in total. The quantitative estimate of drug-likeness (QED) is 0.290. The van der Waals surface area contributed by atoms with Crippen molar-refractivity contribution >= 4 is 30.5 Å². The van der Waals surface area contributed by atoms with Gasteiger partial charge in [-0.05, 0) is 68.6 Å². The van der Waals surface area contributed by atoms with Gasteiger partial charge in [-0.2, -0.15) is 0 Å². The van der Waals surface area contributed by atoms with Crippen molar-refractivity contribution in [2.45, 2.75) is 56.8 Å². The summed E-state index contributed by atoms with van der Waals surface area (Å²) in [6.07, 6.45) is 3.94. The molecule has 148 valence electrons. The third kappa shape index (κ3) is 5.78. The lowest BCUT2D eigenvalue weighted by atomic mass is 9.68. The van der Waals surface area contributed by atoms with Gasteiger partial charge in [-0.3, -0.25) is 9.59 Å². The predicted octanol–water partition coefficient (Wildman–Crippen LogP) is 2.75. The fourth-order valence-electron chi connectivity index (χ4n) is 3.95. The molecule has 0 aromatic heterocycles. The maximum absolute atomic E-state index is 12.6. The van der Waals surface area contributed by atoms with Crippen molar-refractivity contribution < 1.29 is 24.7 Å². The minimum absolute atomic E-state index is 0.0694. The average Bonchev–Trinajstić information content (AvgIpc) is 2.65. The number of rotatable bonds is 9. The highest BCUT2D eigenvalue weighted by atomic mass is 35.5. The number of carboxylic acids is 1. The molecule has 0 amide bonds. The number of Topliss-reactive ketones (excluding diaryl/α,β-unsaturated/α-hetero) is 1. The van der Waals surface area contributed by atoms with Crippen LogP contribution in [0.15, 0.2) is 24.3 Å². The van der Waals surface area contributed by atoms with Crippen LogP contribution in [-0.2, 0) is 4.79 Å². The van der Waals surface area contributed by atoms with E-state index in [2.05, 4.69) is 0 Å². The first-order valence-electron chi connectivity index (χ1n) is 9.42. The van der Waals surface area contributed by atoms with Gasteiger partial charge >= 0.3 is 13.1 Å². The minimum Gasteiger partial charge on any atom is -0.480 e. The van der Waals surface area contributed by atoms with Gasteiger partial charge in [0, 0.05) is 16.5 Å². The summed E-state index contributed by atoms with van der Waals surface area (Å²) in [6, 6.07) is 6.83. The molecule has 0 spiro atoms. The second-order valence-corrected chi connectivity index (χ2v) is 7.93. The molecule has 1 aromatic carbocycles. The fourth-order valence-corrected chi connectivity index (χ4v) is 4.08. The molecule has 0 radical (unpaired) electrons. The lowest BCUT2D eigenvalue weighted by Gasteiger charge is -2.38. The van der Waals surface area contributed by atoms with Crippen molar-refractivity contribution in [3.63, 3.8) is 0 Å². The van der Waals surface area contributed by atoms with E-state index < -0.39 is 18.6 Å². The van der Waals surface area contributed by atoms with E-state index in [1.807, 2.05) is 0 Å². The second kappa shape index (κ2) is 9.69. The van der Waals surface area contributed by atoms with Crippen molar-refractivity contribution in [2.24, 2.45) is 17.6 Å². The monoisotopic (exact) mass is 395 g/mol. The average molecular weight is 396 g/mol. The highest BCUT2D eigenvalue weighted by Gasteiger charge is 2.44. The van der Waals surface area contributed by atoms with Gasteiger partial charge in [-0.1, -0.05) is 24.4 Å². The van der Waals surface area contributed by atoms with E-state index in [1.165, 1.54) is 0 Å². The van der Waals surface area contributed by atoms with Crippen LogP contribution in [0.4, 0.5) is 0 Å². The van der Waals surface area contributed by atoms with Crippen LogP contribution in [0.1, 0.15) is 55.3 Å². The zero-order valence-corrected chi connectivity index (χ0v) is 16.1. The molecule has 0 heterocycles. The number of aliphatic carboxylic acids is 1. The third-order valence-electron chi connectivity index (χ3n) is 5.66. The summed E-state index contributed by atoms with van der Waals surface area (Å²) in [6.45, 7) is 0. The molecular weight excluding hydrogens is 368 g/mol. The Labute approximate surface area is 164 Å². The van der Waals surface area contributed by atoms with Crippen LogP contribution in [0.2, 0.25) is 11.3 Å². The molecule has 1 aliphatic rings. The van der Waals surface area contributed by atoms with Gasteiger partial charge in [0.1, 0.15) is 5.54 Å². The second-order valence-electron chi connectivity index (χ2n) is 7.49. The fraction of sp³-hybridized carbons (Fsp3) is 0.579. The van der Waals surface area contributed by atoms with Crippen LogP contribution in [-0.4, -0.2) is 39.6 Å². The maximum atomic E-state index is 12.6. The molecule has 27 heavy (non-hydrogen) atoms. The molecule has 1 saturated carbocycles. The Kier molecular flexibility index (Phi) is 7.85. The van der Waals surface area contributed by atoms with Crippen molar-refractivity contribution in [3.8, 4) is 0 Å². The molecule has 0 unspecified atom stereocenters. The van der Waals surface area contributed by atoms with Crippen molar-refractivity contribution in [1.29, 1.82) is 0 Å². The first-order valence-corrected chi connectivity index (χ1v) is 9.80. The van der Waals surface area contributed by atoms with Gasteiger partial charge in [0.2, 0.25) is 0 Å². The Morgan fingerprint density at radius 3 is 2.22 bits per heavy atom. The first-order chi connectivity index (χ1) is 12.7. The van der Waals surface area contributed by atoms with Gasteiger partial charge in [0.05, 0.1) is 0 Å². The van der Waals surface area contributed by atoms with Gasteiger partial charge in [0.25, 0.3) is 0 Å². The van der Waals surface area contributed by atoms with E-state index in [-0.39, 0.29) is 30.4 Å². The number of carbonyl (C=O) groups excluding carboxylic acids is 1. The van der Waals surface area contributed by atoms with Crippen molar-refractivity contribution in [3.05, 3.63) is 34.9 Å². The minimum atomic E-state index is -1.38.